The molecule has 13 heavy (non-hydrogen) atoms. The third-order valence-electron chi connectivity index (χ3n) is 1.71. The van der Waals surface area contributed by atoms with Crippen molar-refractivity contribution in [1.82, 2.24) is 0 Å². The van der Waals surface area contributed by atoms with Gasteiger partial charge < -0.3 is 14.5 Å². The summed E-state index contributed by atoms with van der Waals surface area (Å²) >= 11 is 0. The molecule has 0 saturated carbocycles. The van der Waals surface area contributed by atoms with Gasteiger partial charge in [-0.1, -0.05) is 44.5 Å². The maximum atomic E-state index is 4.39. The summed E-state index contributed by atoms with van der Waals surface area (Å²) in [6.45, 7) is 6.59. The molecular weight excluding hydrogens is 229 g/mol. The van der Waals surface area contributed by atoms with Crippen LogP contribution in [0.3, 0.4) is 0 Å². The van der Waals surface area contributed by atoms with E-state index in [1.165, 1.54) is 5.56 Å². The van der Waals surface area contributed by atoms with Crippen molar-refractivity contribution in [3.8, 4) is 0 Å². The Kier molecular flexibility index (Phi) is 11.4. The average Bonchev–Trinajstić information content (AvgIpc) is 1.86. The number of rotatable bonds is 0. The Morgan fingerprint density at radius 2 is 1.46 bits per heavy atom. The fraction of sp³-hybridized carbons (Fsp3) is 0.400. The minimum atomic E-state index is 0. The maximum absolute atomic E-state index is 4.39. The predicted octanol–water partition coefficient (Wildman–Crippen LogP) is -2.97. The summed E-state index contributed by atoms with van der Waals surface area (Å²) in [5.41, 5.74) is 1.52. The molecule has 0 radical (unpaired) electrons. The van der Waals surface area contributed by atoms with E-state index in [2.05, 4.69) is 42.1 Å². The first-order valence-electron chi connectivity index (χ1n) is 3.80. The Bertz CT molecular complexity index is 253. The van der Waals surface area contributed by atoms with Crippen LogP contribution in [0.15, 0.2) is 24.3 Å². The molecule has 0 nitrogen and oxygen atoms in total. The second-order valence-corrected chi connectivity index (χ2v) is 4.25. The first-order valence-corrected chi connectivity index (χ1v) is 4.25. The quantitative estimate of drug-likeness (QED) is 0.337. The Morgan fingerprint density at radius 1 is 1.00 bits per heavy atom. The largest absolute Gasteiger partial charge is 1.45 e. The molecule has 0 bridgehead atoms. The van der Waals surface area contributed by atoms with Gasteiger partial charge in [0.15, 0.2) is 0 Å². The normalized spacial score (nSPS) is 9.85. The Labute approximate surface area is 169 Å². The summed E-state index contributed by atoms with van der Waals surface area (Å²) in [6.07, 6.45) is 0. The molecule has 0 fully saturated rings. The number of benzene rings is 1. The van der Waals surface area contributed by atoms with Gasteiger partial charge in [-0.15, -0.1) is 6.07 Å². The fourth-order valence-corrected chi connectivity index (χ4v) is 1.60. The van der Waals surface area contributed by atoms with Crippen LogP contribution < -0.4 is 108 Å². The van der Waals surface area contributed by atoms with E-state index in [0.717, 1.165) is 5.30 Å². The van der Waals surface area contributed by atoms with Gasteiger partial charge in [0.2, 0.25) is 0 Å². The molecule has 0 N–H and O–H groups in total. The zero-order valence-corrected chi connectivity index (χ0v) is 16.4. The Morgan fingerprint density at radius 3 is 1.77 bits per heavy atom. The summed E-state index contributed by atoms with van der Waals surface area (Å²) in [4.78, 5) is 0. The number of hydrogen-bond acceptors (Lipinski definition) is 0. The Balaban J connectivity index is 0. The van der Waals surface area contributed by atoms with E-state index in [4.69, 9.17) is 0 Å². The molecule has 0 aliphatic heterocycles. The van der Waals surface area contributed by atoms with Crippen LogP contribution in [0.2, 0.25) is 0 Å². The minimum Gasteiger partial charge on any atom is -1.45 e. The molecule has 0 aliphatic carbocycles. The van der Waals surface area contributed by atoms with E-state index in [1.54, 1.807) is 0 Å². The van der Waals surface area contributed by atoms with E-state index in [9.17, 15) is 0 Å². The van der Waals surface area contributed by atoms with Crippen molar-refractivity contribution in [1.29, 1.82) is 0 Å². The molecule has 0 spiro atoms. The molecular formula is C10H13K2P. The van der Waals surface area contributed by atoms with Crippen molar-refractivity contribution in [3.05, 3.63) is 29.8 Å². The second kappa shape index (κ2) is 8.08. The van der Waals surface area contributed by atoms with Gasteiger partial charge in [-0.25, -0.2) is 0 Å². The molecule has 60 valence electrons. The van der Waals surface area contributed by atoms with Crippen LogP contribution in [0.5, 0.6) is 0 Å². The van der Waals surface area contributed by atoms with Crippen LogP contribution in [-0.2, 0) is 5.41 Å². The van der Waals surface area contributed by atoms with Gasteiger partial charge in [-0.3, -0.25) is 0 Å². The zero-order chi connectivity index (χ0) is 8.48. The van der Waals surface area contributed by atoms with Crippen LogP contribution in [0.25, 0.3) is 0 Å². The topological polar surface area (TPSA) is 0 Å². The van der Waals surface area contributed by atoms with Gasteiger partial charge in [0, 0.05) is 0 Å². The summed E-state index contributed by atoms with van der Waals surface area (Å²) in [7, 11) is 4.39. The van der Waals surface area contributed by atoms with Gasteiger partial charge in [0.05, 0.1) is 0 Å². The van der Waals surface area contributed by atoms with Gasteiger partial charge in [-0.2, -0.15) is 0 Å². The summed E-state index contributed by atoms with van der Waals surface area (Å²) in [5, 5.41) is 1.08. The molecule has 0 heterocycles. The van der Waals surface area contributed by atoms with Crippen LogP contribution in [0.4, 0.5) is 0 Å². The molecule has 0 unspecified atom stereocenters. The third-order valence-corrected chi connectivity index (χ3v) is 2.10. The minimum absolute atomic E-state index is 0. The van der Waals surface area contributed by atoms with Gasteiger partial charge in [-0.05, 0) is 5.41 Å². The summed E-state index contributed by atoms with van der Waals surface area (Å²) in [5.74, 6) is 0. The molecule has 0 atom stereocenters. The smallest absolute Gasteiger partial charge is 1.00 e. The summed E-state index contributed by atoms with van der Waals surface area (Å²) in [6, 6.07) is 8.23. The maximum Gasteiger partial charge on any atom is 1.00 e. The van der Waals surface area contributed by atoms with Crippen molar-refractivity contribution >= 4 is 14.5 Å². The molecule has 1 rings (SSSR count). The molecule has 0 saturated heterocycles. The van der Waals surface area contributed by atoms with E-state index >= 15 is 0 Å². The first-order chi connectivity index (χ1) is 5.02. The predicted molar refractivity (Wildman–Crippen MR) is 51.7 cm³/mol. The average molecular weight is 242 g/mol. The molecule has 1 aromatic carbocycles. The monoisotopic (exact) mass is 242 g/mol. The van der Waals surface area contributed by atoms with Crippen molar-refractivity contribution in [2.45, 2.75) is 26.2 Å². The molecule has 0 aliphatic rings. The van der Waals surface area contributed by atoms with Crippen molar-refractivity contribution < 1.29 is 103 Å². The fourth-order valence-electron chi connectivity index (χ4n) is 1.11. The summed E-state index contributed by atoms with van der Waals surface area (Å²) < 4.78 is 0. The van der Waals surface area contributed by atoms with E-state index < -0.39 is 0 Å². The Hall–Kier alpha value is 2.92. The molecule has 0 aromatic heterocycles. The van der Waals surface area contributed by atoms with E-state index in [-0.39, 0.29) is 108 Å². The van der Waals surface area contributed by atoms with Gasteiger partial charge in [0.25, 0.3) is 0 Å². The van der Waals surface area contributed by atoms with Gasteiger partial charge in [0.1, 0.15) is 0 Å². The van der Waals surface area contributed by atoms with Crippen molar-refractivity contribution in [3.63, 3.8) is 0 Å². The van der Waals surface area contributed by atoms with Crippen molar-refractivity contribution in [2.24, 2.45) is 0 Å². The first kappa shape index (κ1) is 18.3. The van der Waals surface area contributed by atoms with E-state index in [0.29, 0.717) is 0 Å². The van der Waals surface area contributed by atoms with Gasteiger partial charge >= 0.3 is 103 Å². The molecule has 1 aromatic rings. The van der Waals surface area contributed by atoms with Crippen LogP contribution in [-0.4, -0.2) is 0 Å². The van der Waals surface area contributed by atoms with E-state index in [1.807, 2.05) is 12.1 Å². The van der Waals surface area contributed by atoms with Crippen LogP contribution in [0.1, 0.15) is 26.3 Å². The second-order valence-electron chi connectivity index (χ2n) is 3.77. The molecule has 3 heteroatoms. The SMILES string of the molecule is CC(C)(C)c1ccccc1[P-2].[K+].[K+]. The van der Waals surface area contributed by atoms with Crippen LogP contribution in [0, 0.1) is 0 Å². The van der Waals surface area contributed by atoms with Crippen molar-refractivity contribution in [2.75, 3.05) is 0 Å². The van der Waals surface area contributed by atoms with Crippen LogP contribution >= 0.6 is 9.24 Å². The third kappa shape index (κ3) is 6.28. The molecule has 0 amide bonds. The zero-order valence-electron chi connectivity index (χ0n) is 9.26. The number of hydrogen-bond donors (Lipinski definition) is 0. The standard InChI is InChI=1S/C10H13P.2K/c1-10(2,3)8-6-4-5-7-9(8)11;;/h4-7H,1-3H3;;/q-2;2*+1.